The van der Waals surface area contributed by atoms with Gasteiger partial charge < -0.3 is 5.32 Å². The van der Waals surface area contributed by atoms with Crippen molar-refractivity contribution in [3.8, 4) is 0 Å². The zero-order valence-corrected chi connectivity index (χ0v) is 12.7. The number of hydrogen-bond acceptors (Lipinski definition) is 2. The van der Waals surface area contributed by atoms with Crippen molar-refractivity contribution < 1.29 is 4.39 Å². The highest BCUT2D eigenvalue weighted by atomic mass is 35.5. The van der Waals surface area contributed by atoms with E-state index in [-0.39, 0.29) is 11.9 Å². The maximum atomic E-state index is 13.6. The third-order valence-electron chi connectivity index (χ3n) is 3.23. The molecule has 2 rings (SSSR count). The molecule has 1 unspecified atom stereocenters. The molecule has 1 heterocycles. The van der Waals surface area contributed by atoms with Crippen molar-refractivity contribution in [2.45, 2.75) is 32.9 Å². The molecule has 0 radical (unpaired) electrons. The first kappa shape index (κ1) is 15.0. The lowest BCUT2D eigenvalue weighted by Gasteiger charge is -2.19. The number of halogens is 2. The molecule has 1 aromatic carbocycles. The van der Waals surface area contributed by atoms with E-state index in [2.05, 4.69) is 17.3 Å². The van der Waals surface area contributed by atoms with Crippen LogP contribution in [0.1, 0.15) is 36.2 Å². The van der Waals surface area contributed by atoms with Crippen LogP contribution in [0.4, 0.5) is 4.39 Å². The Bertz CT molecular complexity index is 575. The standard InChI is InChI=1S/C15H19ClFN3/c1-4-5-20-15(13(16)9-19-20)14(18-3)11-6-10(2)7-12(17)8-11/h6-9,14,18H,4-5H2,1-3H3. The molecular formula is C15H19ClFN3. The Morgan fingerprint density at radius 3 is 2.75 bits per heavy atom. The van der Waals surface area contributed by atoms with E-state index in [0.29, 0.717) is 5.02 Å². The Hall–Kier alpha value is -1.39. The van der Waals surface area contributed by atoms with Gasteiger partial charge in [0.2, 0.25) is 0 Å². The zero-order valence-electron chi connectivity index (χ0n) is 12.0. The molecule has 3 nitrogen and oxygen atoms in total. The summed E-state index contributed by atoms with van der Waals surface area (Å²) in [6.45, 7) is 4.75. The molecule has 0 amide bonds. The highest BCUT2D eigenvalue weighted by molar-refractivity contribution is 6.31. The molecule has 0 aliphatic heterocycles. The third-order valence-corrected chi connectivity index (χ3v) is 3.52. The zero-order chi connectivity index (χ0) is 14.7. The maximum Gasteiger partial charge on any atom is 0.123 e. The molecule has 1 aromatic heterocycles. The van der Waals surface area contributed by atoms with Gasteiger partial charge in [-0.15, -0.1) is 0 Å². The van der Waals surface area contributed by atoms with E-state index < -0.39 is 0 Å². The monoisotopic (exact) mass is 295 g/mol. The van der Waals surface area contributed by atoms with Crippen molar-refractivity contribution in [2.24, 2.45) is 0 Å². The summed E-state index contributed by atoms with van der Waals surface area (Å²) in [7, 11) is 1.84. The summed E-state index contributed by atoms with van der Waals surface area (Å²) in [4.78, 5) is 0. The molecule has 0 saturated heterocycles. The highest BCUT2D eigenvalue weighted by Crippen LogP contribution is 2.29. The van der Waals surface area contributed by atoms with Crippen LogP contribution < -0.4 is 5.32 Å². The Morgan fingerprint density at radius 2 is 2.15 bits per heavy atom. The fraction of sp³-hybridized carbons (Fsp3) is 0.400. The van der Waals surface area contributed by atoms with E-state index in [9.17, 15) is 4.39 Å². The average Bonchev–Trinajstić information content (AvgIpc) is 2.72. The van der Waals surface area contributed by atoms with E-state index >= 15 is 0 Å². The van der Waals surface area contributed by atoms with Crippen molar-refractivity contribution >= 4 is 11.6 Å². The largest absolute Gasteiger partial charge is 0.308 e. The smallest absolute Gasteiger partial charge is 0.123 e. The molecule has 2 aromatic rings. The minimum Gasteiger partial charge on any atom is -0.308 e. The highest BCUT2D eigenvalue weighted by Gasteiger charge is 2.21. The average molecular weight is 296 g/mol. The lowest BCUT2D eigenvalue weighted by molar-refractivity contribution is 0.532. The van der Waals surface area contributed by atoms with Crippen LogP contribution in [0.3, 0.4) is 0 Å². The first-order valence-corrected chi connectivity index (χ1v) is 7.10. The molecule has 0 bridgehead atoms. The first-order chi connectivity index (χ1) is 9.56. The Morgan fingerprint density at radius 1 is 1.40 bits per heavy atom. The molecule has 0 aliphatic carbocycles. The van der Waals surface area contributed by atoms with Crippen LogP contribution in [0.15, 0.2) is 24.4 Å². The quantitative estimate of drug-likeness (QED) is 0.911. The van der Waals surface area contributed by atoms with Crippen LogP contribution in [-0.4, -0.2) is 16.8 Å². The topological polar surface area (TPSA) is 29.9 Å². The van der Waals surface area contributed by atoms with Gasteiger partial charge >= 0.3 is 0 Å². The number of benzene rings is 1. The molecule has 0 fully saturated rings. The predicted octanol–water partition coefficient (Wildman–Crippen LogP) is 3.70. The number of nitrogens with one attached hydrogen (secondary N) is 1. The molecular weight excluding hydrogens is 277 g/mol. The molecule has 5 heteroatoms. The minimum atomic E-state index is -0.238. The second-order valence-corrected chi connectivity index (χ2v) is 5.29. The summed E-state index contributed by atoms with van der Waals surface area (Å²) in [5.41, 5.74) is 2.61. The minimum absolute atomic E-state index is 0.175. The second kappa shape index (κ2) is 6.37. The van der Waals surface area contributed by atoms with Gasteiger partial charge in [0.15, 0.2) is 0 Å². The second-order valence-electron chi connectivity index (χ2n) is 4.88. The summed E-state index contributed by atoms with van der Waals surface area (Å²) >= 11 is 6.27. The number of rotatable bonds is 5. The van der Waals surface area contributed by atoms with Gasteiger partial charge in [-0.2, -0.15) is 5.10 Å². The van der Waals surface area contributed by atoms with E-state index in [1.165, 1.54) is 12.1 Å². The molecule has 1 N–H and O–H groups in total. The number of aromatic nitrogens is 2. The Labute approximate surface area is 123 Å². The number of aryl methyl sites for hydroxylation is 2. The first-order valence-electron chi connectivity index (χ1n) is 6.72. The van der Waals surface area contributed by atoms with E-state index in [0.717, 1.165) is 29.8 Å². The van der Waals surface area contributed by atoms with Crippen LogP contribution >= 0.6 is 11.6 Å². The summed E-state index contributed by atoms with van der Waals surface area (Å²) in [6.07, 6.45) is 2.60. The van der Waals surface area contributed by atoms with Crippen LogP contribution in [0.25, 0.3) is 0 Å². The lowest BCUT2D eigenvalue weighted by atomic mass is 10.0. The molecule has 0 aliphatic rings. The van der Waals surface area contributed by atoms with Crippen molar-refractivity contribution in [1.82, 2.24) is 15.1 Å². The van der Waals surface area contributed by atoms with Gasteiger partial charge in [0.05, 0.1) is 23.0 Å². The van der Waals surface area contributed by atoms with Gasteiger partial charge in [0.25, 0.3) is 0 Å². The number of hydrogen-bond donors (Lipinski definition) is 1. The van der Waals surface area contributed by atoms with Gasteiger partial charge in [0.1, 0.15) is 5.82 Å². The third kappa shape index (κ3) is 3.02. The van der Waals surface area contributed by atoms with E-state index in [1.54, 1.807) is 6.20 Å². The summed E-state index contributed by atoms with van der Waals surface area (Å²) in [6, 6.07) is 4.84. The number of nitrogens with zero attached hydrogens (tertiary/aromatic N) is 2. The van der Waals surface area contributed by atoms with E-state index in [1.807, 2.05) is 24.7 Å². The Balaban J connectivity index is 2.49. The SMILES string of the molecule is CCCn1ncc(Cl)c1C(NC)c1cc(C)cc(F)c1. The summed E-state index contributed by atoms with van der Waals surface area (Å²) in [5, 5.41) is 8.10. The fourth-order valence-electron chi connectivity index (χ4n) is 2.44. The van der Waals surface area contributed by atoms with Crippen molar-refractivity contribution in [1.29, 1.82) is 0 Å². The van der Waals surface area contributed by atoms with Gasteiger partial charge in [0, 0.05) is 6.54 Å². The summed E-state index contributed by atoms with van der Waals surface area (Å²) in [5.74, 6) is -0.238. The molecule has 20 heavy (non-hydrogen) atoms. The fourth-order valence-corrected chi connectivity index (χ4v) is 2.69. The van der Waals surface area contributed by atoms with Crippen LogP contribution in [0.5, 0.6) is 0 Å². The van der Waals surface area contributed by atoms with E-state index in [4.69, 9.17) is 11.6 Å². The molecule has 108 valence electrons. The normalized spacial score (nSPS) is 12.7. The predicted molar refractivity (Wildman–Crippen MR) is 79.6 cm³/mol. The molecule has 1 atom stereocenters. The van der Waals surface area contributed by atoms with Crippen molar-refractivity contribution in [2.75, 3.05) is 7.05 Å². The van der Waals surface area contributed by atoms with Crippen molar-refractivity contribution in [3.63, 3.8) is 0 Å². The van der Waals surface area contributed by atoms with Crippen LogP contribution in [0, 0.1) is 12.7 Å². The van der Waals surface area contributed by atoms with Crippen LogP contribution in [0.2, 0.25) is 5.02 Å². The van der Waals surface area contributed by atoms with Crippen LogP contribution in [-0.2, 0) is 6.54 Å². The molecule has 0 spiro atoms. The lowest BCUT2D eigenvalue weighted by Crippen LogP contribution is -2.22. The summed E-state index contributed by atoms with van der Waals surface area (Å²) < 4.78 is 15.5. The van der Waals surface area contributed by atoms with Gasteiger partial charge in [-0.3, -0.25) is 4.68 Å². The molecule has 0 saturated carbocycles. The van der Waals surface area contributed by atoms with Crippen molar-refractivity contribution in [3.05, 3.63) is 52.1 Å². The van der Waals surface area contributed by atoms with Gasteiger partial charge in [-0.1, -0.05) is 24.6 Å². The Kier molecular flexibility index (Phi) is 4.78. The van der Waals surface area contributed by atoms with Gasteiger partial charge in [-0.05, 0) is 43.7 Å². The maximum absolute atomic E-state index is 13.6. The van der Waals surface area contributed by atoms with Gasteiger partial charge in [-0.25, -0.2) is 4.39 Å².